The lowest BCUT2D eigenvalue weighted by Crippen LogP contribution is -2.20. The average Bonchev–Trinajstić information content (AvgIpc) is 3.09. The van der Waals surface area contributed by atoms with Crippen molar-refractivity contribution in [1.82, 2.24) is 0 Å². The van der Waals surface area contributed by atoms with E-state index in [0.29, 0.717) is 30.9 Å². The zero-order valence-corrected chi connectivity index (χ0v) is 15.0. The summed E-state index contributed by atoms with van der Waals surface area (Å²) in [7, 11) is 0. The standard InChI is InChI=1S/C18H6Cl2O2S2/c19-15-3-7-1-9-11(5-13(7)23-15)18(22)10-2-8-4-16(20)24-14(8)6-12(10)17(9)21/h1-6H. The first kappa shape index (κ1) is 14.6. The van der Waals surface area contributed by atoms with Crippen LogP contribution in [0.5, 0.6) is 0 Å². The number of ketones is 2. The summed E-state index contributed by atoms with van der Waals surface area (Å²) in [5.41, 5.74) is 1.77. The molecular weight excluding hydrogens is 383 g/mol. The van der Waals surface area contributed by atoms with Gasteiger partial charge in [0.05, 0.1) is 8.67 Å². The monoisotopic (exact) mass is 388 g/mol. The molecule has 0 N–H and O–H groups in total. The molecule has 4 aromatic rings. The molecule has 0 radical (unpaired) electrons. The average molecular weight is 389 g/mol. The lowest BCUT2D eigenvalue weighted by Gasteiger charge is -2.17. The highest BCUT2D eigenvalue weighted by atomic mass is 35.5. The number of rotatable bonds is 0. The lowest BCUT2D eigenvalue weighted by atomic mass is 9.83. The van der Waals surface area contributed by atoms with Gasteiger partial charge in [-0.25, -0.2) is 0 Å². The van der Waals surface area contributed by atoms with Crippen molar-refractivity contribution in [2.45, 2.75) is 0 Å². The SMILES string of the molecule is O=C1c2cc3cc(Cl)sc3cc2C(=O)c2cc3cc(Cl)sc3cc21. The minimum Gasteiger partial charge on any atom is -0.289 e. The molecule has 0 saturated heterocycles. The second kappa shape index (κ2) is 4.90. The zero-order chi connectivity index (χ0) is 16.6. The highest BCUT2D eigenvalue weighted by Crippen LogP contribution is 2.38. The minimum atomic E-state index is -0.129. The second-order valence-electron chi connectivity index (χ2n) is 5.63. The topological polar surface area (TPSA) is 34.1 Å². The van der Waals surface area contributed by atoms with Crippen LogP contribution in [0, 0.1) is 0 Å². The van der Waals surface area contributed by atoms with E-state index in [1.165, 1.54) is 22.7 Å². The van der Waals surface area contributed by atoms with Gasteiger partial charge in [-0.2, -0.15) is 0 Å². The zero-order valence-electron chi connectivity index (χ0n) is 11.9. The maximum absolute atomic E-state index is 12.9. The van der Waals surface area contributed by atoms with Crippen LogP contribution < -0.4 is 0 Å². The predicted octanol–water partition coefficient (Wildman–Crippen LogP) is 6.20. The van der Waals surface area contributed by atoms with Crippen molar-refractivity contribution in [2.24, 2.45) is 0 Å². The first-order valence-corrected chi connectivity index (χ1v) is 9.46. The van der Waals surface area contributed by atoms with Crippen LogP contribution in [0.2, 0.25) is 8.67 Å². The Hall–Kier alpha value is -1.72. The molecule has 5 rings (SSSR count). The Balaban J connectivity index is 1.83. The van der Waals surface area contributed by atoms with Crippen molar-refractivity contribution in [3.8, 4) is 0 Å². The van der Waals surface area contributed by atoms with E-state index < -0.39 is 0 Å². The van der Waals surface area contributed by atoms with Crippen molar-refractivity contribution in [2.75, 3.05) is 0 Å². The summed E-state index contributed by atoms with van der Waals surface area (Å²) in [6, 6.07) is 10.7. The van der Waals surface area contributed by atoms with E-state index in [-0.39, 0.29) is 11.6 Å². The van der Waals surface area contributed by atoms with E-state index in [2.05, 4.69) is 0 Å². The maximum atomic E-state index is 12.9. The largest absolute Gasteiger partial charge is 0.289 e. The molecule has 24 heavy (non-hydrogen) atoms. The van der Waals surface area contributed by atoms with Crippen molar-refractivity contribution in [1.29, 1.82) is 0 Å². The first-order chi connectivity index (χ1) is 11.5. The Labute approximate surface area is 154 Å². The molecule has 1 aliphatic rings. The van der Waals surface area contributed by atoms with Gasteiger partial charge in [0.25, 0.3) is 0 Å². The highest BCUT2D eigenvalue weighted by molar-refractivity contribution is 7.23. The molecule has 2 aromatic carbocycles. The fourth-order valence-corrected chi connectivity index (χ4v) is 5.50. The molecule has 116 valence electrons. The third kappa shape index (κ3) is 1.94. The van der Waals surface area contributed by atoms with Gasteiger partial charge in [-0.05, 0) is 47.2 Å². The van der Waals surface area contributed by atoms with Crippen LogP contribution in [-0.2, 0) is 0 Å². The van der Waals surface area contributed by atoms with E-state index in [1.807, 2.05) is 12.1 Å². The summed E-state index contributed by atoms with van der Waals surface area (Å²) in [6.45, 7) is 0. The lowest BCUT2D eigenvalue weighted by molar-refractivity contribution is 0.0979. The molecule has 1 aliphatic carbocycles. The van der Waals surface area contributed by atoms with E-state index >= 15 is 0 Å². The molecule has 0 fully saturated rings. The predicted molar refractivity (Wildman–Crippen MR) is 101 cm³/mol. The fraction of sp³-hybridized carbons (Fsp3) is 0. The van der Waals surface area contributed by atoms with Crippen LogP contribution in [-0.4, -0.2) is 11.6 Å². The van der Waals surface area contributed by atoms with Gasteiger partial charge in [0, 0.05) is 31.7 Å². The molecule has 0 saturated carbocycles. The summed E-state index contributed by atoms with van der Waals surface area (Å²) < 4.78 is 3.09. The Bertz CT molecular complexity index is 1030. The van der Waals surface area contributed by atoms with Gasteiger partial charge in [-0.15, -0.1) is 22.7 Å². The molecule has 2 heterocycles. The van der Waals surface area contributed by atoms with Crippen molar-refractivity contribution >= 4 is 77.6 Å². The van der Waals surface area contributed by atoms with Crippen molar-refractivity contribution in [3.05, 3.63) is 67.3 Å². The molecule has 2 nitrogen and oxygen atoms in total. The number of halogens is 2. The Kier molecular flexibility index (Phi) is 2.98. The minimum absolute atomic E-state index is 0.129. The number of benzene rings is 2. The molecular formula is C18H6Cl2O2S2. The summed E-state index contributed by atoms with van der Waals surface area (Å²) in [5, 5.41) is 1.77. The Morgan fingerprint density at radius 1 is 0.583 bits per heavy atom. The highest BCUT2D eigenvalue weighted by Gasteiger charge is 2.31. The summed E-state index contributed by atoms with van der Waals surface area (Å²) in [5.74, 6) is -0.259. The number of carbonyl (C=O) groups excluding carboxylic acids is 2. The second-order valence-corrected chi connectivity index (χ2v) is 9.06. The van der Waals surface area contributed by atoms with E-state index in [4.69, 9.17) is 23.2 Å². The molecule has 0 atom stereocenters. The smallest absolute Gasteiger partial charge is 0.194 e. The number of fused-ring (bicyclic) bond motifs is 4. The fourth-order valence-electron chi connectivity index (χ4n) is 3.15. The van der Waals surface area contributed by atoms with Crippen LogP contribution in [0.25, 0.3) is 20.2 Å². The molecule has 0 spiro atoms. The normalized spacial score (nSPS) is 13.6. The summed E-state index contributed by atoms with van der Waals surface area (Å²) >= 11 is 14.9. The van der Waals surface area contributed by atoms with Crippen LogP contribution in [0.4, 0.5) is 0 Å². The van der Waals surface area contributed by atoms with E-state index in [0.717, 1.165) is 20.2 Å². The third-order valence-corrected chi connectivity index (χ3v) is 6.69. The van der Waals surface area contributed by atoms with Crippen molar-refractivity contribution in [3.63, 3.8) is 0 Å². The van der Waals surface area contributed by atoms with E-state index in [1.54, 1.807) is 24.3 Å². The van der Waals surface area contributed by atoms with Gasteiger partial charge in [-0.1, -0.05) is 23.2 Å². The Morgan fingerprint density at radius 2 is 0.958 bits per heavy atom. The van der Waals surface area contributed by atoms with Gasteiger partial charge in [0.1, 0.15) is 0 Å². The molecule has 2 aromatic heterocycles. The van der Waals surface area contributed by atoms with Gasteiger partial charge in [0.2, 0.25) is 0 Å². The van der Waals surface area contributed by atoms with Gasteiger partial charge in [-0.3, -0.25) is 9.59 Å². The summed E-state index contributed by atoms with van der Waals surface area (Å²) in [6.07, 6.45) is 0. The van der Waals surface area contributed by atoms with Crippen molar-refractivity contribution < 1.29 is 9.59 Å². The molecule has 0 aliphatic heterocycles. The first-order valence-electron chi connectivity index (χ1n) is 7.07. The van der Waals surface area contributed by atoms with E-state index in [9.17, 15) is 9.59 Å². The molecule has 0 bridgehead atoms. The number of hydrogen-bond donors (Lipinski definition) is 0. The van der Waals surface area contributed by atoms with Crippen LogP contribution in [0.15, 0.2) is 36.4 Å². The van der Waals surface area contributed by atoms with Crippen LogP contribution in [0.1, 0.15) is 31.8 Å². The van der Waals surface area contributed by atoms with Gasteiger partial charge >= 0.3 is 0 Å². The maximum Gasteiger partial charge on any atom is 0.194 e. The number of carbonyl (C=O) groups is 2. The molecule has 0 amide bonds. The number of thiophene rings is 2. The number of hydrogen-bond acceptors (Lipinski definition) is 4. The molecule has 0 unspecified atom stereocenters. The van der Waals surface area contributed by atoms with Gasteiger partial charge < -0.3 is 0 Å². The summed E-state index contributed by atoms with van der Waals surface area (Å²) in [4.78, 5) is 25.9. The van der Waals surface area contributed by atoms with Crippen LogP contribution in [0.3, 0.4) is 0 Å². The quantitative estimate of drug-likeness (QED) is 0.316. The van der Waals surface area contributed by atoms with Crippen LogP contribution >= 0.6 is 45.9 Å². The van der Waals surface area contributed by atoms with Gasteiger partial charge in [0.15, 0.2) is 11.6 Å². The third-order valence-electron chi connectivity index (χ3n) is 4.23. The molecule has 6 heteroatoms. The Morgan fingerprint density at radius 3 is 1.38 bits per heavy atom.